The number of amides is 1. The molecule has 2 aromatic rings. The zero-order valence-electron chi connectivity index (χ0n) is 20.6. The molecule has 0 aliphatic carbocycles. The number of halogens is 3. The van der Waals surface area contributed by atoms with Crippen LogP contribution in [0.3, 0.4) is 0 Å². The molecule has 7 nitrogen and oxygen atoms in total. The molecule has 1 aromatic heterocycles. The lowest BCUT2D eigenvalue weighted by atomic mass is 9.87. The monoisotopic (exact) mass is 496 g/mol. The lowest BCUT2D eigenvalue weighted by Gasteiger charge is -2.49. The molecule has 1 N–H and O–H groups in total. The van der Waals surface area contributed by atoms with Gasteiger partial charge in [0, 0.05) is 38.9 Å². The summed E-state index contributed by atoms with van der Waals surface area (Å²) in [7, 11) is 0. The number of aromatic nitrogens is 2. The number of hydrogen-bond acceptors (Lipinski definition) is 5. The first-order valence-corrected chi connectivity index (χ1v) is 12.0. The van der Waals surface area contributed by atoms with Gasteiger partial charge in [-0.25, -0.2) is 0 Å². The van der Waals surface area contributed by atoms with Crippen LogP contribution >= 0.6 is 0 Å². The van der Waals surface area contributed by atoms with E-state index in [1.54, 1.807) is 11.0 Å². The fourth-order valence-corrected chi connectivity index (χ4v) is 4.96. The molecule has 2 aliphatic heterocycles. The van der Waals surface area contributed by atoms with Gasteiger partial charge in [0.1, 0.15) is 11.9 Å². The Morgan fingerprint density at radius 2 is 2.00 bits per heavy atom. The molecule has 2 fully saturated rings. The molecule has 1 atom stereocenters. The number of benzene rings is 1. The van der Waals surface area contributed by atoms with E-state index >= 15 is 0 Å². The summed E-state index contributed by atoms with van der Waals surface area (Å²) in [4.78, 5) is 16.3. The Kier molecular flexibility index (Phi) is 7.15. The third-order valence-electron chi connectivity index (χ3n) is 6.53. The predicted octanol–water partition coefficient (Wildman–Crippen LogP) is 4.67. The Balaban J connectivity index is 0.00000361. The van der Waals surface area contributed by atoms with E-state index in [1.165, 1.54) is 4.90 Å². The number of alkyl halides is 3. The first-order valence-electron chi connectivity index (χ1n) is 12.0. The number of likely N-dealkylation sites (tertiary alicyclic amines) is 1. The third kappa shape index (κ3) is 6.16. The highest BCUT2D eigenvalue weighted by atomic mass is 19.4. The second kappa shape index (κ2) is 9.81. The standard InChI is InChI=1S/C25H33F3N4O3.H2/c1-16(2)34-21-6-5-19(11-17(21)3)23(33)32-9-7-24(8-10-32)14-31(15-25(26,27)28)13-22(35-24)20-12-18(4)29-30-20;/h5-6,11-12,16,22H,7-10,13-15H2,1-4H3,(H,29,30);1H. The quantitative estimate of drug-likeness (QED) is 0.652. The lowest BCUT2D eigenvalue weighted by molar-refractivity contribution is -0.206. The molecule has 0 bridgehead atoms. The van der Waals surface area contributed by atoms with Gasteiger partial charge in [-0.15, -0.1) is 0 Å². The van der Waals surface area contributed by atoms with Gasteiger partial charge in [-0.2, -0.15) is 18.3 Å². The summed E-state index contributed by atoms with van der Waals surface area (Å²) in [6, 6.07) is 7.20. The summed E-state index contributed by atoms with van der Waals surface area (Å²) in [5, 5.41) is 7.08. The van der Waals surface area contributed by atoms with Crippen molar-refractivity contribution in [3.63, 3.8) is 0 Å². The number of H-pyrrole nitrogens is 1. The minimum Gasteiger partial charge on any atom is -0.491 e. The Bertz CT molecular complexity index is 1050. The smallest absolute Gasteiger partial charge is 0.401 e. The van der Waals surface area contributed by atoms with Crippen LogP contribution < -0.4 is 4.74 Å². The number of carbonyl (C=O) groups excluding carboxylic acids is 1. The van der Waals surface area contributed by atoms with Gasteiger partial charge in [-0.05, 0) is 70.4 Å². The van der Waals surface area contributed by atoms with Crippen LogP contribution in [-0.4, -0.2) is 76.5 Å². The lowest BCUT2D eigenvalue weighted by Crippen LogP contribution is -2.59. The average Bonchev–Trinajstić information content (AvgIpc) is 3.20. The van der Waals surface area contributed by atoms with Crippen molar-refractivity contribution in [1.29, 1.82) is 0 Å². The summed E-state index contributed by atoms with van der Waals surface area (Å²) < 4.78 is 51.9. The van der Waals surface area contributed by atoms with Crippen LogP contribution in [0.4, 0.5) is 13.2 Å². The minimum atomic E-state index is -4.30. The van der Waals surface area contributed by atoms with Gasteiger partial charge in [0.25, 0.3) is 5.91 Å². The maximum atomic E-state index is 13.2. The van der Waals surface area contributed by atoms with Crippen molar-refractivity contribution in [3.05, 3.63) is 46.8 Å². The number of hydrogen-bond donors (Lipinski definition) is 1. The molecule has 10 heteroatoms. The molecule has 1 amide bonds. The molecular weight excluding hydrogens is 461 g/mol. The van der Waals surface area contributed by atoms with Crippen LogP contribution in [0.15, 0.2) is 24.3 Å². The summed E-state index contributed by atoms with van der Waals surface area (Å²) in [5.41, 5.74) is 2.12. The highest BCUT2D eigenvalue weighted by Crippen LogP contribution is 2.38. The van der Waals surface area contributed by atoms with Crippen molar-refractivity contribution in [1.82, 2.24) is 20.0 Å². The number of carbonyl (C=O) groups is 1. The number of nitrogens with zero attached hydrogens (tertiary/aromatic N) is 3. The van der Waals surface area contributed by atoms with Crippen molar-refractivity contribution in [2.24, 2.45) is 0 Å². The first-order chi connectivity index (χ1) is 16.4. The summed E-state index contributed by atoms with van der Waals surface area (Å²) in [6.45, 7) is 7.77. The molecule has 194 valence electrons. The number of piperidine rings is 1. The summed E-state index contributed by atoms with van der Waals surface area (Å²) >= 11 is 0. The minimum absolute atomic E-state index is 0. The maximum absolute atomic E-state index is 13.2. The van der Waals surface area contributed by atoms with Crippen LogP contribution in [0.25, 0.3) is 0 Å². The van der Waals surface area contributed by atoms with Crippen molar-refractivity contribution in [3.8, 4) is 5.75 Å². The van der Waals surface area contributed by atoms with Gasteiger partial charge < -0.3 is 14.4 Å². The molecule has 2 saturated heterocycles. The number of ether oxygens (including phenoxy) is 2. The number of aryl methyl sites for hydroxylation is 2. The normalized spacial score (nSPS) is 21.0. The Hall–Kier alpha value is -2.59. The zero-order valence-corrected chi connectivity index (χ0v) is 20.6. The molecule has 3 heterocycles. The van der Waals surface area contributed by atoms with Gasteiger partial charge in [-0.3, -0.25) is 14.8 Å². The highest BCUT2D eigenvalue weighted by molar-refractivity contribution is 5.94. The average molecular weight is 497 g/mol. The SMILES string of the molecule is Cc1cc(C2CN(CC(F)(F)F)CC3(CCN(C(=O)c4ccc(OC(C)C)c(C)c4)CC3)O2)n[nH]1.[HH]. The molecule has 0 radical (unpaired) electrons. The van der Waals surface area contributed by atoms with E-state index in [-0.39, 0.29) is 26.5 Å². The maximum Gasteiger partial charge on any atom is 0.401 e. The number of nitrogens with one attached hydrogen (secondary N) is 1. The largest absolute Gasteiger partial charge is 0.491 e. The van der Waals surface area contributed by atoms with Gasteiger partial charge in [-0.1, -0.05) is 0 Å². The van der Waals surface area contributed by atoms with Crippen molar-refractivity contribution < 1.29 is 28.9 Å². The van der Waals surface area contributed by atoms with Crippen molar-refractivity contribution in [2.75, 3.05) is 32.7 Å². The van der Waals surface area contributed by atoms with E-state index in [9.17, 15) is 18.0 Å². The highest BCUT2D eigenvalue weighted by Gasteiger charge is 2.46. The van der Waals surface area contributed by atoms with E-state index in [0.29, 0.717) is 37.2 Å². The summed E-state index contributed by atoms with van der Waals surface area (Å²) in [5.74, 6) is 0.649. The van der Waals surface area contributed by atoms with Crippen LogP contribution in [-0.2, 0) is 4.74 Å². The van der Waals surface area contributed by atoms with E-state index in [0.717, 1.165) is 17.0 Å². The van der Waals surface area contributed by atoms with Crippen LogP contribution in [0.1, 0.15) is 61.5 Å². The van der Waals surface area contributed by atoms with Crippen molar-refractivity contribution in [2.45, 2.75) is 64.5 Å². The molecule has 0 saturated carbocycles. The van der Waals surface area contributed by atoms with E-state index in [4.69, 9.17) is 9.47 Å². The molecule has 4 rings (SSSR count). The van der Waals surface area contributed by atoms with E-state index < -0.39 is 24.4 Å². The summed E-state index contributed by atoms with van der Waals surface area (Å²) in [6.07, 6.45) is -3.91. The topological polar surface area (TPSA) is 70.7 Å². The zero-order chi connectivity index (χ0) is 25.4. The van der Waals surface area contributed by atoms with Crippen LogP contribution in [0.5, 0.6) is 5.75 Å². The number of morpholine rings is 1. The van der Waals surface area contributed by atoms with Gasteiger partial charge in [0.2, 0.25) is 0 Å². The van der Waals surface area contributed by atoms with Crippen molar-refractivity contribution >= 4 is 5.91 Å². The van der Waals surface area contributed by atoms with E-state index in [2.05, 4.69) is 10.2 Å². The molecular formula is C25H35F3N4O3. The predicted molar refractivity (Wildman–Crippen MR) is 127 cm³/mol. The second-order valence-electron chi connectivity index (χ2n) is 9.99. The molecule has 1 aromatic carbocycles. The Labute approximate surface area is 205 Å². The molecule has 35 heavy (non-hydrogen) atoms. The van der Waals surface area contributed by atoms with Crippen LogP contribution in [0.2, 0.25) is 0 Å². The second-order valence-corrected chi connectivity index (χ2v) is 9.99. The van der Waals surface area contributed by atoms with Gasteiger partial charge in [0.15, 0.2) is 0 Å². The van der Waals surface area contributed by atoms with Gasteiger partial charge >= 0.3 is 6.18 Å². The fourth-order valence-electron chi connectivity index (χ4n) is 4.96. The molecule has 1 spiro atoms. The number of aromatic amines is 1. The fraction of sp³-hybridized carbons (Fsp3) is 0.600. The Morgan fingerprint density at radius 3 is 2.57 bits per heavy atom. The Morgan fingerprint density at radius 1 is 1.29 bits per heavy atom. The van der Waals surface area contributed by atoms with E-state index in [1.807, 2.05) is 45.9 Å². The molecule has 1 unspecified atom stereocenters. The van der Waals surface area contributed by atoms with Crippen LogP contribution in [0, 0.1) is 13.8 Å². The number of rotatable bonds is 5. The molecule has 2 aliphatic rings. The first kappa shape index (κ1) is 25.5. The van der Waals surface area contributed by atoms with Gasteiger partial charge in [0.05, 0.1) is 23.9 Å². The third-order valence-corrected chi connectivity index (χ3v) is 6.53.